The van der Waals surface area contributed by atoms with Crippen LogP contribution >= 0.6 is 0 Å². The first kappa shape index (κ1) is 17.5. The van der Waals surface area contributed by atoms with Gasteiger partial charge in [-0.2, -0.15) is 0 Å². The molecule has 1 amide bonds. The minimum atomic E-state index is -1.27. The molecule has 134 valence electrons. The van der Waals surface area contributed by atoms with Crippen LogP contribution in [0.25, 0.3) is 0 Å². The van der Waals surface area contributed by atoms with E-state index in [0.717, 1.165) is 25.7 Å². The monoisotopic (exact) mass is 345 g/mol. The van der Waals surface area contributed by atoms with E-state index in [1.165, 1.54) is 6.42 Å². The van der Waals surface area contributed by atoms with Gasteiger partial charge in [-0.05, 0) is 25.8 Å². The van der Waals surface area contributed by atoms with Crippen molar-refractivity contribution >= 4 is 17.8 Å². The fourth-order valence-electron chi connectivity index (χ4n) is 3.61. The summed E-state index contributed by atoms with van der Waals surface area (Å²) in [6, 6.07) is 6.94. The third-order valence-corrected chi connectivity index (χ3v) is 4.83. The summed E-state index contributed by atoms with van der Waals surface area (Å²) < 4.78 is 10.3. The Morgan fingerprint density at radius 2 is 1.88 bits per heavy atom. The normalized spacial score (nSPS) is 23.3. The summed E-state index contributed by atoms with van der Waals surface area (Å²) in [5.74, 6) is -3.62. The van der Waals surface area contributed by atoms with Crippen LogP contribution in [0, 0.1) is 5.92 Å². The van der Waals surface area contributed by atoms with Gasteiger partial charge in [0, 0.05) is 11.6 Å². The molecule has 0 saturated heterocycles. The molecule has 1 aliphatic carbocycles. The van der Waals surface area contributed by atoms with Crippen molar-refractivity contribution in [1.82, 2.24) is 5.32 Å². The Labute approximate surface area is 146 Å². The standard InChI is InChI=1S/C19H23NO5/c1-2-24-18(22)16-15(17(21)20-12-8-4-3-5-9-12)13-10-6-7-11-14(13)25-19(16)23/h6-7,10-12,15-16H,2-5,8-9H2,1H3,(H,20,21). The largest absolute Gasteiger partial charge is 0.465 e. The number of hydrogen-bond donors (Lipinski definition) is 1. The Bertz CT molecular complexity index is 666. The van der Waals surface area contributed by atoms with Gasteiger partial charge >= 0.3 is 11.9 Å². The maximum absolute atomic E-state index is 13.0. The number of rotatable bonds is 4. The van der Waals surface area contributed by atoms with Gasteiger partial charge in [0.15, 0.2) is 5.92 Å². The van der Waals surface area contributed by atoms with E-state index in [1.807, 2.05) is 0 Å². The third kappa shape index (κ3) is 3.67. The topological polar surface area (TPSA) is 81.7 Å². The van der Waals surface area contributed by atoms with Crippen LogP contribution in [0.5, 0.6) is 5.75 Å². The summed E-state index contributed by atoms with van der Waals surface area (Å²) in [6.45, 7) is 1.80. The van der Waals surface area contributed by atoms with Gasteiger partial charge in [-0.15, -0.1) is 0 Å². The van der Waals surface area contributed by atoms with E-state index in [-0.39, 0.29) is 18.6 Å². The van der Waals surface area contributed by atoms with Gasteiger partial charge in [0.05, 0.1) is 12.5 Å². The van der Waals surface area contributed by atoms with Crippen LogP contribution in [0.15, 0.2) is 24.3 Å². The second-order valence-electron chi connectivity index (χ2n) is 6.51. The molecule has 0 radical (unpaired) electrons. The van der Waals surface area contributed by atoms with E-state index >= 15 is 0 Å². The zero-order valence-electron chi connectivity index (χ0n) is 14.3. The molecule has 0 aromatic heterocycles. The summed E-state index contributed by atoms with van der Waals surface area (Å²) in [7, 11) is 0. The number of benzene rings is 1. The van der Waals surface area contributed by atoms with E-state index in [1.54, 1.807) is 31.2 Å². The molecule has 1 heterocycles. The Morgan fingerprint density at radius 1 is 1.16 bits per heavy atom. The highest BCUT2D eigenvalue weighted by Gasteiger charge is 2.47. The van der Waals surface area contributed by atoms with E-state index in [2.05, 4.69) is 5.32 Å². The van der Waals surface area contributed by atoms with E-state index < -0.39 is 23.8 Å². The Kier molecular flexibility index (Phi) is 5.36. The average molecular weight is 345 g/mol. The Hall–Kier alpha value is -2.37. The zero-order chi connectivity index (χ0) is 17.8. The number of fused-ring (bicyclic) bond motifs is 1. The van der Waals surface area contributed by atoms with Crippen LogP contribution in [-0.4, -0.2) is 30.5 Å². The molecule has 1 saturated carbocycles. The Balaban J connectivity index is 1.90. The maximum atomic E-state index is 13.0. The highest BCUT2D eigenvalue weighted by Crippen LogP contribution is 2.38. The summed E-state index contributed by atoms with van der Waals surface area (Å²) in [4.78, 5) is 37.7. The summed E-state index contributed by atoms with van der Waals surface area (Å²) in [5.41, 5.74) is 0.550. The van der Waals surface area contributed by atoms with E-state index in [9.17, 15) is 14.4 Å². The van der Waals surface area contributed by atoms with Crippen LogP contribution in [0.1, 0.15) is 50.5 Å². The van der Waals surface area contributed by atoms with Gasteiger partial charge in [-0.3, -0.25) is 14.4 Å². The molecular formula is C19H23NO5. The lowest BCUT2D eigenvalue weighted by molar-refractivity contribution is -0.161. The molecule has 1 N–H and O–H groups in total. The van der Waals surface area contributed by atoms with Gasteiger partial charge in [0.1, 0.15) is 5.75 Å². The van der Waals surface area contributed by atoms with Gasteiger partial charge in [-0.25, -0.2) is 0 Å². The Morgan fingerprint density at radius 3 is 2.60 bits per heavy atom. The fourth-order valence-corrected chi connectivity index (χ4v) is 3.61. The van der Waals surface area contributed by atoms with Crippen molar-refractivity contribution in [3.63, 3.8) is 0 Å². The van der Waals surface area contributed by atoms with E-state index in [0.29, 0.717) is 11.3 Å². The molecule has 1 aromatic carbocycles. The molecule has 6 heteroatoms. The molecule has 3 rings (SSSR count). The SMILES string of the molecule is CCOC(=O)C1C(=O)Oc2ccccc2C1C(=O)NC1CCCCC1. The van der Waals surface area contributed by atoms with Gasteiger partial charge < -0.3 is 14.8 Å². The van der Waals surface area contributed by atoms with Crippen LogP contribution in [0.2, 0.25) is 0 Å². The number of hydrogen-bond acceptors (Lipinski definition) is 5. The van der Waals surface area contributed by atoms with Crippen LogP contribution in [0.3, 0.4) is 0 Å². The molecule has 2 atom stereocenters. The molecule has 0 spiro atoms. The van der Waals surface area contributed by atoms with E-state index in [4.69, 9.17) is 9.47 Å². The number of para-hydroxylation sites is 1. The van der Waals surface area contributed by atoms with Gasteiger partial charge in [-0.1, -0.05) is 37.5 Å². The van der Waals surface area contributed by atoms with Crippen molar-refractivity contribution < 1.29 is 23.9 Å². The van der Waals surface area contributed by atoms with Crippen molar-refractivity contribution in [3.8, 4) is 5.75 Å². The van der Waals surface area contributed by atoms with Crippen LogP contribution in [-0.2, 0) is 19.1 Å². The van der Waals surface area contributed by atoms with Crippen molar-refractivity contribution in [3.05, 3.63) is 29.8 Å². The number of carbonyl (C=O) groups is 3. The maximum Gasteiger partial charge on any atom is 0.326 e. The fraction of sp³-hybridized carbons (Fsp3) is 0.526. The lowest BCUT2D eigenvalue weighted by atomic mass is 9.82. The molecule has 1 fully saturated rings. The minimum Gasteiger partial charge on any atom is -0.465 e. The predicted octanol–water partition coefficient (Wildman–Crippen LogP) is 2.32. The van der Waals surface area contributed by atoms with Crippen molar-refractivity contribution in [1.29, 1.82) is 0 Å². The summed E-state index contributed by atoms with van der Waals surface area (Å²) in [5, 5.41) is 3.02. The number of carbonyl (C=O) groups excluding carboxylic acids is 3. The lowest BCUT2D eigenvalue weighted by Gasteiger charge is -2.31. The number of esters is 2. The number of nitrogens with one attached hydrogen (secondary N) is 1. The summed E-state index contributed by atoms with van der Waals surface area (Å²) in [6.07, 6.45) is 5.19. The number of ether oxygens (including phenoxy) is 2. The first-order valence-corrected chi connectivity index (χ1v) is 8.89. The molecule has 1 aliphatic heterocycles. The van der Waals surface area contributed by atoms with Gasteiger partial charge in [0.25, 0.3) is 0 Å². The van der Waals surface area contributed by atoms with Crippen molar-refractivity contribution in [2.45, 2.75) is 51.0 Å². The zero-order valence-corrected chi connectivity index (χ0v) is 14.3. The minimum absolute atomic E-state index is 0.0919. The van der Waals surface area contributed by atoms with Crippen molar-refractivity contribution in [2.24, 2.45) is 5.92 Å². The summed E-state index contributed by atoms with van der Waals surface area (Å²) >= 11 is 0. The first-order valence-electron chi connectivity index (χ1n) is 8.89. The molecule has 25 heavy (non-hydrogen) atoms. The third-order valence-electron chi connectivity index (χ3n) is 4.83. The number of amides is 1. The predicted molar refractivity (Wildman–Crippen MR) is 90.0 cm³/mol. The molecular weight excluding hydrogens is 322 g/mol. The van der Waals surface area contributed by atoms with Crippen LogP contribution < -0.4 is 10.1 Å². The average Bonchev–Trinajstić information content (AvgIpc) is 2.61. The molecule has 6 nitrogen and oxygen atoms in total. The second kappa shape index (κ2) is 7.68. The smallest absolute Gasteiger partial charge is 0.326 e. The quantitative estimate of drug-likeness (QED) is 0.514. The second-order valence-corrected chi connectivity index (χ2v) is 6.51. The highest BCUT2D eigenvalue weighted by molar-refractivity contribution is 6.04. The molecule has 1 aromatic rings. The first-order chi connectivity index (χ1) is 12.1. The molecule has 0 bridgehead atoms. The highest BCUT2D eigenvalue weighted by atomic mass is 16.6. The molecule has 2 unspecified atom stereocenters. The van der Waals surface area contributed by atoms with Gasteiger partial charge in [0.2, 0.25) is 5.91 Å². The van der Waals surface area contributed by atoms with Crippen LogP contribution in [0.4, 0.5) is 0 Å². The lowest BCUT2D eigenvalue weighted by Crippen LogP contribution is -2.47. The molecule has 2 aliphatic rings. The van der Waals surface area contributed by atoms with Crippen molar-refractivity contribution in [2.75, 3.05) is 6.61 Å².